The average Bonchev–Trinajstić information content (AvgIpc) is 3.21. The van der Waals surface area contributed by atoms with Crippen molar-refractivity contribution in [3.8, 4) is 5.75 Å². The minimum Gasteiger partial charge on any atom is -0.487 e. The summed E-state index contributed by atoms with van der Waals surface area (Å²) in [5, 5.41) is 3.05. The van der Waals surface area contributed by atoms with E-state index < -0.39 is 0 Å². The molecule has 2 heterocycles. The van der Waals surface area contributed by atoms with Crippen molar-refractivity contribution in [1.82, 2.24) is 9.88 Å². The summed E-state index contributed by atoms with van der Waals surface area (Å²) in [6.07, 6.45) is 3.51. The Morgan fingerprint density at radius 3 is 2.65 bits per heavy atom. The van der Waals surface area contributed by atoms with Gasteiger partial charge in [0.15, 0.2) is 0 Å². The predicted molar refractivity (Wildman–Crippen MR) is 127 cm³/mol. The summed E-state index contributed by atoms with van der Waals surface area (Å²) in [5.74, 6) is 0.820. The Morgan fingerprint density at radius 2 is 1.90 bits per heavy atom. The molecule has 1 aliphatic heterocycles. The minimum absolute atomic E-state index is 0.0492. The molecule has 1 amide bonds. The minimum atomic E-state index is 0.0492. The smallest absolute Gasteiger partial charge is 0.246 e. The van der Waals surface area contributed by atoms with Crippen molar-refractivity contribution in [2.75, 3.05) is 31.1 Å². The lowest BCUT2D eigenvalue weighted by Crippen LogP contribution is -2.48. The molecule has 0 aliphatic carbocycles. The number of rotatable bonds is 6. The first-order valence-electron chi connectivity index (χ1n) is 10.5. The first-order valence-corrected chi connectivity index (χ1v) is 11.4. The van der Waals surface area contributed by atoms with Crippen LogP contribution in [0.1, 0.15) is 21.8 Å². The molecule has 0 radical (unpaired) electrons. The molecule has 0 bridgehead atoms. The van der Waals surface area contributed by atoms with Gasteiger partial charge in [-0.1, -0.05) is 24.3 Å². The topological polar surface area (TPSA) is 45.7 Å². The second-order valence-corrected chi connectivity index (χ2v) is 8.77. The fraction of sp³-hybridized carbons (Fsp3) is 0.280. The summed E-state index contributed by atoms with van der Waals surface area (Å²) in [4.78, 5) is 21.3. The number of carbonyl (C=O) groups excluding carboxylic acids is 1. The van der Waals surface area contributed by atoms with Crippen LogP contribution in [-0.2, 0) is 11.4 Å². The van der Waals surface area contributed by atoms with Crippen molar-refractivity contribution >= 4 is 29.0 Å². The van der Waals surface area contributed by atoms with Crippen LogP contribution >= 0.6 is 11.3 Å². The molecule has 2 aromatic carbocycles. The molecule has 31 heavy (non-hydrogen) atoms. The quantitative estimate of drug-likeness (QED) is 0.529. The summed E-state index contributed by atoms with van der Waals surface area (Å²) in [5.41, 5.74) is 4.36. The Morgan fingerprint density at radius 1 is 1.10 bits per heavy atom. The van der Waals surface area contributed by atoms with Crippen LogP contribution in [0.15, 0.2) is 60.0 Å². The number of aromatic nitrogens is 1. The van der Waals surface area contributed by atoms with Crippen LogP contribution in [-0.4, -0.2) is 42.0 Å². The molecular formula is C25H27N3O2S. The lowest BCUT2D eigenvalue weighted by Gasteiger charge is -2.35. The van der Waals surface area contributed by atoms with Gasteiger partial charge in [-0.05, 0) is 55.3 Å². The molecule has 0 atom stereocenters. The Balaban J connectivity index is 1.30. The van der Waals surface area contributed by atoms with Gasteiger partial charge in [0.1, 0.15) is 12.4 Å². The molecule has 0 N–H and O–H groups in total. The summed E-state index contributed by atoms with van der Waals surface area (Å²) >= 11 is 1.62. The first kappa shape index (κ1) is 21.1. The van der Waals surface area contributed by atoms with Gasteiger partial charge in [0.2, 0.25) is 5.91 Å². The number of ether oxygens (including phenoxy) is 1. The Kier molecular flexibility index (Phi) is 6.67. The number of anilines is 1. The highest BCUT2D eigenvalue weighted by molar-refractivity contribution is 7.09. The van der Waals surface area contributed by atoms with Gasteiger partial charge in [-0.15, -0.1) is 11.3 Å². The third-order valence-electron chi connectivity index (χ3n) is 5.29. The molecule has 1 aromatic heterocycles. The maximum absolute atomic E-state index is 12.6. The summed E-state index contributed by atoms with van der Waals surface area (Å²) in [6, 6.07) is 16.3. The third kappa shape index (κ3) is 5.73. The van der Waals surface area contributed by atoms with E-state index in [0.29, 0.717) is 6.61 Å². The van der Waals surface area contributed by atoms with Gasteiger partial charge in [0.05, 0.1) is 10.7 Å². The van der Waals surface area contributed by atoms with Crippen LogP contribution in [0.4, 0.5) is 5.69 Å². The predicted octanol–water partition coefficient (Wildman–Crippen LogP) is 4.70. The Bertz CT molecular complexity index is 1070. The Hall–Kier alpha value is -3.12. The second-order valence-electron chi connectivity index (χ2n) is 7.70. The van der Waals surface area contributed by atoms with Crippen LogP contribution in [0.5, 0.6) is 5.75 Å². The molecule has 5 nitrogen and oxygen atoms in total. The molecule has 1 fully saturated rings. The number of benzene rings is 2. The monoisotopic (exact) mass is 433 g/mol. The van der Waals surface area contributed by atoms with E-state index in [9.17, 15) is 4.79 Å². The van der Waals surface area contributed by atoms with E-state index in [2.05, 4.69) is 41.1 Å². The van der Waals surface area contributed by atoms with Gasteiger partial charge in [0.25, 0.3) is 0 Å². The molecule has 0 unspecified atom stereocenters. The van der Waals surface area contributed by atoms with E-state index >= 15 is 0 Å². The zero-order valence-electron chi connectivity index (χ0n) is 18.0. The van der Waals surface area contributed by atoms with Crippen molar-refractivity contribution in [3.05, 3.63) is 81.8 Å². The first-order chi connectivity index (χ1) is 15.1. The number of hydrogen-bond donors (Lipinski definition) is 0. The maximum Gasteiger partial charge on any atom is 0.246 e. The number of carbonyl (C=O) groups is 1. The lowest BCUT2D eigenvalue weighted by molar-refractivity contribution is -0.126. The molecule has 160 valence electrons. The van der Waals surface area contributed by atoms with E-state index in [1.54, 1.807) is 17.4 Å². The molecular weight excluding hydrogens is 406 g/mol. The molecule has 3 aromatic rings. The molecule has 0 saturated carbocycles. The standard InChI is InChI=1S/C25H27N3O2S/c1-19-5-3-7-23(15-19)27-11-13-28(14-12-27)25(29)10-9-21-6-4-8-24(16-21)30-17-22-18-31-20(2)26-22/h3-10,15-16,18H,11-14,17H2,1-2H3/b10-9+. The zero-order valence-corrected chi connectivity index (χ0v) is 18.8. The van der Waals surface area contributed by atoms with E-state index in [1.807, 2.05) is 47.5 Å². The highest BCUT2D eigenvalue weighted by Crippen LogP contribution is 2.19. The van der Waals surface area contributed by atoms with Gasteiger partial charge >= 0.3 is 0 Å². The van der Waals surface area contributed by atoms with Crippen LogP contribution in [0, 0.1) is 13.8 Å². The molecule has 1 saturated heterocycles. The van der Waals surface area contributed by atoms with Crippen LogP contribution < -0.4 is 9.64 Å². The largest absolute Gasteiger partial charge is 0.487 e. The summed E-state index contributed by atoms with van der Waals surface area (Å²) < 4.78 is 5.84. The normalized spacial score (nSPS) is 14.3. The highest BCUT2D eigenvalue weighted by Gasteiger charge is 2.19. The van der Waals surface area contributed by atoms with Gasteiger partial charge < -0.3 is 14.5 Å². The van der Waals surface area contributed by atoms with Gasteiger partial charge in [-0.3, -0.25) is 4.79 Å². The van der Waals surface area contributed by atoms with Crippen LogP contribution in [0.3, 0.4) is 0 Å². The molecule has 0 spiro atoms. The van der Waals surface area contributed by atoms with Crippen molar-refractivity contribution in [1.29, 1.82) is 0 Å². The fourth-order valence-corrected chi connectivity index (χ4v) is 4.22. The number of nitrogens with zero attached hydrogens (tertiary/aromatic N) is 3. The molecule has 6 heteroatoms. The van der Waals surface area contributed by atoms with Crippen molar-refractivity contribution in [3.63, 3.8) is 0 Å². The highest BCUT2D eigenvalue weighted by atomic mass is 32.1. The number of piperazine rings is 1. The summed E-state index contributed by atoms with van der Waals surface area (Å²) in [6.45, 7) is 7.69. The van der Waals surface area contributed by atoms with E-state index in [-0.39, 0.29) is 5.91 Å². The Labute approximate surface area is 187 Å². The zero-order chi connectivity index (χ0) is 21.6. The van der Waals surface area contributed by atoms with E-state index in [0.717, 1.165) is 48.2 Å². The van der Waals surface area contributed by atoms with Gasteiger partial charge in [-0.25, -0.2) is 4.98 Å². The van der Waals surface area contributed by atoms with Crippen molar-refractivity contribution in [2.24, 2.45) is 0 Å². The maximum atomic E-state index is 12.6. The summed E-state index contributed by atoms with van der Waals surface area (Å²) in [7, 11) is 0. The van der Waals surface area contributed by atoms with Crippen LogP contribution in [0.2, 0.25) is 0 Å². The number of hydrogen-bond acceptors (Lipinski definition) is 5. The number of amides is 1. The number of aryl methyl sites for hydroxylation is 2. The van der Waals surface area contributed by atoms with Crippen LogP contribution in [0.25, 0.3) is 6.08 Å². The third-order valence-corrected chi connectivity index (χ3v) is 6.11. The van der Waals surface area contributed by atoms with Crippen molar-refractivity contribution in [2.45, 2.75) is 20.5 Å². The van der Waals surface area contributed by atoms with E-state index in [4.69, 9.17) is 4.74 Å². The van der Waals surface area contributed by atoms with Gasteiger partial charge in [0, 0.05) is 43.3 Å². The SMILES string of the molecule is Cc1cccc(N2CCN(C(=O)/C=C/c3cccc(OCc4csc(C)n4)c3)CC2)c1. The fourth-order valence-electron chi connectivity index (χ4n) is 3.62. The van der Waals surface area contributed by atoms with Crippen molar-refractivity contribution < 1.29 is 9.53 Å². The van der Waals surface area contributed by atoms with Gasteiger partial charge in [-0.2, -0.15) is 0 Å². The second kappa shape index (κ2) is 9.79. The average molecular weight is 434 g/mol. The number of thiazole rings is 1. The van der Waals surface area contributed by atoms with E-state index in [1.165, 1.54) is 11.3 Å². The molecule has 4 rings (SSSR count). The lowest BCUT2D eigenvalue weighted by atomic mass is 10.2. The molecule has 1 aliphatic rings.